The predicted molar refractivity (Wildman–Crippen MR) is 69.0 cm³/mol. The minimum atomic E-state index is 0.370. The Kier molecular flexibility index (Phi) is 4.29. The smallest absolute Gasteiger partial charge is 0.154 e. The summed E-state index contributed by atoms with van der Waals surface area (Å²) in [4.78, 5) is 6.48. The number of fused-ring (bicyclic) bond motifs is 1. The van der Waals surface area contributed by atoms with E-state index < -0.39 is 0 Å². The molecule has 0 atom stereocenters. The van der Waals surface area contributed by atoms with E-state index >= 15 is 0 Å². The lowest BCUT2D eigenvalue weighted by molar-refractivity contribution is 0.135. The molecule has 94 valence electrons. The fourth-order valence-corrected chi connectivity index (χ4v) is 1.67. The molecule has 5 nitrogen and oxygen atoms in total. The molecule has 0 fully saturated rings. The number of aromatic nitrogens is 3. The van der Waals surface area contributed by atoms with Crippen molar-refractivity contribution >= 4 is 5.65 Å². The van der Waals surface area contributed by atoms with E-state index in [9.17, 15) is 0 Å². The first-order valence-corrected chi connectivity index (χ1v) is 5.77. The summed E-state index contributed by atoms with van der Waals surface area (Å²) in [5, 5.41) is 4.16. The van der Waals surface area contributed by atoms with Gasteiger partial charge in [-0.2, -0.15) is 5.10 Å². The lowest BCUT2D eigenvalue weighted by atomic mass is 10.3. The van der Waals surface area contributed by atoms with Gasteiger partial charge in [0.25, 0.3) is 0 Å². The minimum Gasteiger partial charge on any atom is -0.367 e. The van der Waals surface area contributed by atoms with Gasteiger partial charge in [-0.3, -0.25) is 4.90 Å². The lowest BCUT2D eigenvalue weighted by Gasteiger charge is -2.15. The Labute approximate surface area is 106 Å². The molecule has 18 heavy (non-hydrogen) atoms. The Balaban J connectivity index is 1.86. The van der Waals surface area contributed by atoms with Gasteiger partial charge in [-0.05, 0) is 7.05 Å². The fourth-order valence-electron chi connectivity index (χ4n) is 1.67. The van der Waals surface area contributed by atoms with Gasteiger partial charge in [-0.25, -0.2) is 9.50 Å². The second kappa shape index (κ2) is 6.15. The van der Waals surface area contributed by atoms with Gasteiger partial charge >= 0.3 is 0 Å². The predicted octanol–water partition coefficient (Wildman–Crippen LogP) is 0.811. The highest BCUT2D eigenvalue weighted by atomic mass is 16.5. The zero-order chi connectivity index (χ0) is 12.8. The molecule has 0 aromatic carbocycles. The number of terminal acetylenes is 1. The normalized spacial score (nSPS) is 10.9. The first kappa shape index (κ1) is 12.6. The maximum Gasteiger partial charge on any atom is 0.154 e. The summed E-state index contributed by atoms with van der Waals surface area (Å²) in [5.41, 5.74) is 1.98. The fraction of sp³-hybridized carbons (Fsp3) is 0.385. The van der Waals surface area contributed by atoms with Gasteiger partial charge in [-0.15, -0.1) is 6.42 Å². The molecule has 2 heterocycles. The molecule has 0 spiro atoms. The molecule has 0 radical (unpaired) electrons. The van der Waals surface area contributed by atoms with Crippen molar-refractivity contribution in [2.75, 3.05) is 26.8 Å². The molecule has 0 aliphatic rings. The number of rotatable bonds is 6. The number of hydrogen-bond donors (Lipinski definition) is 0. The molecule has 0 aliphatic carbocycles. The van der Waals surface area contributed by atoms with Crippen molar-refractivity contribution in [3.8, 4) is 12.3 Å². The van der Waals surface area contributed by atoms with Crippen LogP contribution in [-0.2, 0) is 11.3 Å². The minimum absolute atomic E-state index is 0.370. The average molecular weight is 244 g/mol. The Morgan fingerprint density at radius 1 is 1.56 bits per heavy atom. The van der Waals surface area contributed by atoms with E-state index in [0.29, 0.717) is 13.2 Å². The summed E-state index contributed by atoms with van der Waals surface area (Å²) in [6.07, 6.45) is 10.7. The van der Waals surface area contributed by atoms with Crippen LogP contribution >= 0.6 is 0 Å². The Morgan fingerprint density at radius 2 is 2.44 bits per heavy atom. The first-order chi connectivity index (χ1) is 8.79. The Morgan fingerprint density at radius 3 is 3.28 bits per heavy atom. The van der Waals surface area contributed by atoms with E-state index in [0.717, 1.165) is 24.3 Å². The van der Waals surface area contributed by atoms with Gasteiger partial charge in [0.05, 0.1) is 12.8 Å². The van der Waals surface area contributed by atoms with Crippen LogP contribution < -0.4 is 0 Å². The van der Waals surface area contributed by atoms with Gasteiger partial charge in [0, 0.05) is 37.1 Å². The topological polar surface area (TPSA) is 42.7 Å². The zero-order valence-electron chi connectivity index (χ0n) is 10.4. The second-order valence-corrected chi connectivity index (χ2v) is 4.09. The standard InChI is InChI=1S/C13H16N4O/c1-3-7-18-8-6-16(2)10-12-9-14-13-4-5-15-17(13)11-12/h1,4-5,9,11H,6-8,10H2,2H3. The maximum absolute atomic E-state index is 5.24. The molecule has 0 saturated heterocycles. The lowest BCUT2D eigenvalue weighted by Crippen LogP contribution is -2.23. The van der Waals surface area contributed by atoms with Crippen molar-refractivity contribution < 1.29 is 4.74 Å². The van der Waals surface area contributed by atoms with E-state index in [1.54, 1.807) is 10.7 Å². The van der Waals surface area contributed by atoms with E-state index in [2.05, 4.69) is 20.9 Å². The van der Waals surface area contributed by atoms with Crippen LogP contribution in [0.4, 0.5) is 0 Å². The van der Waals surface area contributed by atoms with Gasteiger partial charge in [0.15, 0.2) is 5.65 Å². The van der Waals surface area contributed by atoms with Gasteiger partial charge < -0.3 is 4.74 Å². The second-order valence-electron chi connectivity index (χ2n) is 4.09. The van der Waals surface area contributed by atoms with E-state index in [-0.39, 0.29) is 0 Å². The highest BCUT2D eigenvalue weighted by Crippen LogP contribution is 2.04. The van der Waals surface area contributed by atoms with Crippen molar-refractivity contribution in [3.05, 3.63) is 30.2 Å². The van der Waals surface area contributed by atoms with E-state index in [4.69, 9.17) is 11.2 Å². The summed E-state index contributed by atoms with van der Waals surface area (Å²) >= 11 is 0. The Hall–Kier alpha value is -1.90. The molecule has 0 unspecified atom stereocenters. The highest BCUT2D eigenvalue weighted by molar-refractivity contribution is 5.35. The van der Waals surface area contributed by atoms with Crippen molar-refractivity contribution in [1.29, 1.82) is 0 Å². The molecule has 2 rings (SSSR count). The maximum atomic E-state index is 5.24. The molecule has 0 amide bonds. The van der Waals surface area contributed by atoms with Crippen LogP contribution in [0.2, 0.25) is 0 Å². The quantitative estimate of drug-likeness (QED) is 0.557. The summed E-state index contributed by atoms with van der Waals surface area (Å²) in [7, 11) is 2.03. The van der Waals surface area contributed by atoms with Crippen LogP contribution in [0, 0.1) is 12.3 Å². The van der Waals surface area contributed by atoms with Crippen molar-refractivity contribution in [1.82, 2.24) is 19.5 Å². The number of ether oxygens (including phenoxy) is 1. The summed E-state index contributed by atoms with van der Waals surface area (Å²) in [5.74, 6) is 2.45. The summed E-state index contributed by atoms with van der Waals surface area (Å²) < 4.78 is 7.01. The molecule has 0 aliphatic heterocycles. The SMILES string of the molecule is C#CCOCCN(C)Cc1cnc2ccnn2c1. The molecule has 2 aromatic rings. The van der Waals surface area contributed by atoms with Crippen LogP contribution in [0.1, 0.15) is 5.56 Å². The Bertz CT molecular complexity index is 543. The molecular weight excluding hydrogens is 228 g/mol. The van der Waals surface area contributed by atoms with Crippen LogP contribution in [0.3, 0.4) is 0 Å². The van der Waals surface area contributed by atoms with Crippen molar-refractivity contribution in [2.24, 2.45) is 0 Å². The monoisotopic (exact) mass is 244 g/mol. The van der Waals surface area contributed by atoms with Crippen LogP contribution in [-0.4, -0.2) is 46.3 Å². The van der Waals surface area contributed by atoms with Crippen molar-refractivity contribution in [2.45, 2.75) is 6.54 Å². The number of nitrogens with zero attached hydrogens (tertiary/aromatic N) is 4. The third-order valence-electron chi connectivity index (χ3n) is 2.56. The molecule has 2 aromatic heterocycles. The van der Waals surface area contributed by atoms with Gasteiger partial charge in [0.1, 0.15) is 6.61 Å². The zero-order valence-corrected chi connectivity index (χ0v) is 10.4. The third-order valence-corrected chi connectivity index (χ3v) is 2.56. The molecule has 0 saturated carbocycles. The van der Waals surface area contributed by atoms with Crippen LogP contribution in [0.25, 0.3) is 5.65 Å². The first-order valence-electron chi connectivity index (χ1n) is 5.77. The largest absolute Gasteiger partial charge is 0.367 e. The van der Waals surface area contributed by atoms with Gasteiger partial charge in [0.2, 0.25) is 0 Å². The van der Waals surface area contributed by atoms with Crippen LogP contribution in [0.15, 0.2) is 24.7 Å². The van der Waals surface area contributed by atoms with E-state index in [1.807, 2.05) is 25.5 Å². The summed E-state index contributed by atoms with van der Waals surface area (Å²) in [6.45, 7) is 2.65. The molecule has 0 N–H and O–H groups in total. The highest BCUT2D eigenvalue weighted by Gasteiger charge is 2.02. The summed E-state index contributed by atoms with van der Waals surface area (Å²) in [6, 6.07) is 1.88. The average Bonchev–Trinajstić information content (AvgIpc) is 2.82. The number of likely N-dealkylation sites (N-methyl/N-ethyl adjacent to an activating group) is 1. The molecule has 5 heteroatoms. The number of hydrogen-bond acceptors (Lipinski definition) is 4. The molecular formula is C13H16N4O. The molecule has 0 bridgehead atoms. The van der Waals surface area contributed by atoms with Crippen molar-refractivity contribution in [3.63, 3.8) is 0 Å². The third kappa shape index (κ3) is 3.29. The van der Waals surface area contributed by atoms with Gasteiger partial charge in [-0.1, -0.05) is 5.92 Å². The van der Waals surface area contributed by atoms with Crippen LogP contribution in [0.5, 0.6) is 0 Å². The van der Waals surface area contributed by atoms with E-state index in [1.165, 1.54) is 0 Å².